The number of fused-ring (bicyclic) bond motifs is 1. The Hall–Kier alpha value is -1.72. The summed E-state index contributed by atoms with van der Waals surface area (Å²) in [7, 11) is 0. The molecule has 0 aromatic carbocycles. The molecular formula is C15H25N3O3. The quantitative estimate of drug-likeness (QED) is 0.842. The lowest BCUT2D eigenvalue weighted by Gasteiger charge is -2.35. The van der Waals surface area contributed by atoms with Gasteiger partial charge in [0.2, 0.25) is 0 Å². The highest BCUT2D eigenvalue weighted by Gasteiger charge is 2.32. The molecule has 1 aliphatic heterocycles. The van der Waals surface area contributed by atoms with Crippen LogP contribution in [0.15, 0.2) is 6.20 Å². The number of nitrogens with zero attached hydrogens (tertiary/aromatic N) is 3. The first-order chi connectivity index (χ1) is 9.67. The molecule has 21 heavy (non-hydrogen) atoms. The fourth-order valence-corrected chi connectivity index (χ4v) is 2.29. The van der Waals surface area contributed by atoms with Gasteiger partial charge in [0.05, 0.1) is 31.4 Å². The van der Waals surface area contributed by atoms with Crippen LogP contribution in [0, 0.1) is 0 Å². The van der Waals surface area contributed by atoms with E-state index in [1.165, 1.54) is 0 Å². The predicted molar refractivity (Wildman–Crippen MR) is 79.2 cm³/mol. The Morgan fingerprint density at radius 2 is 2.10 bits per heavy atom. The second kappa shape index (κ2) is 5.58. The van der Waals surface area contributed by atoms with E-state index in [0.29, 0.717) is 13.1 Å². The van der Waals surface area contributed by atoms with Crippen LogP contribution in [0.3, 0.4) is 0 Å². The summed E-state index contributed by atoms with van der Waals surface area (Å²) < 4.78 is 13.1. The maximum absolute atomic E-state index is 12.3. The molecule has 1 aromatic rings. The Kier molecular flexibility index (Phi) is 4.16. The van der Waals surface area contributed by atoms with Crippen LogP contribution in [0.1, 0.15) is 47.2 Å². The largest absolute Gasteiger partial charge is 0.487 e. The highest BCUT2D eigenvalue weighted by molar-refractivity contribution is 5.68. The minimum absolute atomic E-state index is 0.0409. The minimum Gasteiger partial charge on any atom is -0.487 e. The number of hydrogen-bond acceptors (Lipinski definition) is 4. The lowest BCUT2D eigenvalue weighted by molar-refractivity contribution is 0.00873. The van der Waals surface area contributed by atoms with Gasteiger partial charge in [-0.2, -0.15) is 5.10 Å². The van der Waals surface area contributed by atoms with E-state index in [4.69, 9.17) is 9.47 Å². The molecule has 0 radical (unpaired) electrons. The van der Waals surface area contributed by atoms with Crippen LogP contribution < -0.4 is 4.74 Å². The Labute approximate surface area is 126 Å². The van der Waals surface area contributed by atoms with E-state index >= 15 is 0 Å². The van der Waals surface area contributed by atoms with E-state index in [1.807, 2.05) is 46.2 Å². The zero-order valence-electron chi connectivity index (χ0n) is 13.7. The Bertz CT molecular complexity index is 517. The van der Waals surface area contributed by atoms with Gasteiger partial charge in [0.15, 0.2) is 5.75 Å². The first-order valence-corrected chi connectivity index (χ1v) is 7.38. The van der Waals surface area contributed by atoms with Gasteiger partial charge in [-0.15, -0.1) is 0 Å². The number of amides is 1. The molecule has 0 bridgehead atoms. The average Bonchev–Trinajstić information content (AvgIpc) is 2.67. The van der Waals surface area contributed by atoms with Gasteiger partial charge in [0.1, 0.15) is 11.3 Å². The van der Waals surface area contributed by atoms with Crippen LogP contribution >= 0.6 is 0 Å². The van der Waals surface area contributed by atoms with Gasteiger partial charge in [-0.1, -0.05) is 0 Å². The van der Waals surface area contributed by atoms with Crippen molar-refractivity contribution in [2.24, 2.45) is 0 Å². The van der Waals surface area contributed by atoms with Crippen LogP contribution in [-0.4, -0.2) is 38.5 Å². The molecule has 118 valence electrons. The maximum Gasteiger partial charge on any atom is 0.410 e. The van der Waals surface area contributed by atoms with Crippen LogP contribution in [-0.2, 0) is 17.8 Å². The molecule has 1 aliphatic rings. The van der Waals surface area contributed by atoms with Crippen molar-refractivity contribution in [3.63, 3.8) is 0 Å². The summed E-state index contributed by atoms with van der Waals surface area (Å²) in [6.45, 7) is 12.7. The summed E-state index contributed by atoms with van der Waals surface area (Å²) >= 11 is 0. The second-order valence-electron chi connectivity index (χ2n) is 6.76. The van der Waals surface area contributed by atoms with Crippen molar-refractivity contribution in [1.82, 2.24) is 14.7 Å². The van der Waals surface area contributed by atoms with Gasteiger partial charge >= 0.3 is 6.09 Å². The Morgan fingerprint density at radius 3 is 2.67 bits per heavy atom. The number of rotatable bonds is 2. The highest BCUT2D eigenvalue weighted by Crippen LogP contribution is 2.27. The fourth-order valence-electron chi connectivity index (χ4n) is 2.29. The third-order valence-corrected chi connectivity index (χ3v) is 3.19. The summed E-state index contributed by atoms with van der Waals surface area (Å²) in [5.74, 6) is 0.741. The molecule has 1 aromatic heterocycles. The summed E-state index contributed by atoms with van der Waals surface area (Å²) in [5, 5.41) is 4.34. The van der Waals surface area contributed by atoms with Gasteiger partial charge in [0.25, 0.3) is 0 Å². The smallest absolute Gasteiger partial charge is 0.410 e. The van der Waals surface area contributed by atoms with Crippen molar-refractivity contribution in [2.75, 3.05) is 0 Å². The molecule has 1 amide bonds. The van der Waals surface area contributed by atoms with Gasteiger partial charge in [-0.25, -0.2) is 4.79 Å². The standard InChI is InChI=1S/C15H25N3O3/c1-10(2)20-13-7-16-18-8-11(3)17(9-12(13)18)14(19)21-15(4,5)6/h7,10-11H,8-9H2,1-6H3. The van der Waals surface area contributed by atoms with Gasteiger partial charge in [0, 0.05) is 0 Å². The molecule has 6 nitrogen and oxygen atoms in total. The molecule has 0 N–H and O–H groups in total. The molecule has 1 unspecified atom stereocenters. The molecule has 2 heterocycles. The monoisotopic (exact) mass is 295 g/mol. The minimum atomic E-state index is -0.494. The predicted octanol–water partition coefficient (Wildman–Crippen LogP) is 2.81. The molecule has 1 atom stereocenters. The summed E-state index contributed by atoms with van der Waals surface area (Å²) in [6.07, 6.45) is 1.51. The summed E-state index contributed by atoms with van der Waals surface area (Å²) in [4.78, 5) is 14.1. The van der Waals surface area contributed by atoms with E-state index in [1.54, 1.807) is 11.1 Å². The van der Waals surface area contributed by atoms with E-state index in [-0.39, 0.29) is 18.2 Å². The molecule has 0 fully saturated rings. The second-order valence-corrected chi connectivity index (χ2v) is 6.76. The molecular weight excluding hydrogens is 270 g/mol. The third kappa shape index (κ3) is 3.68. The van der Waals surface area contributed by atoms with Crippen molar-refractivity contribution < 1.29 is 14.3 Å². The normalized spacial score (nSPS) is 18.6. The zero-order chi connectivity index (χ0) is 15.8. The average molecular weight is 295 g/mol. The van der Waals surface area contributed by atoms with Crippen molar-refractivity contribution in [1.29, 1.82) is 0 Å². The van der Waals surface area contributed by atoms with Crippen molar-refractivity contribution in [3.05, 3.63) is 11.9 Å². The fraction of sp³-hybridized carbons (Fsp3) is 0.733. The van der Waals surface area contributed by atoms with Crippen LogP contribution in [0.2, 0.25) is 0 Å². The SMILES string of the molecule is CC(C)Oc1cnn2c1CN(C(=O)OC(C)(C)C)C(C)C2. The number of hydrogen-bond donors (Lipinski definition) is 0. The topological polar surface area (TPSA) is 56.6 Å². The molecule has 0 saturated heterocycles. The lowest BCUT2D eigenvalue weighted by atomic mass is 10.2. The molecule has 0 aliphatic carbocycles. The van der Waals surface area contributed by atoms with Gasteiger partial charge in [-0.05, 0) is 41.5 Å². The highest BCUT2D eigenvalue weighted by atomic mass is 16.6. The van der Waals surface area contributed by atoms with Crippen LogP contribution in [0.4, 0.5) is 4.79 Å². The number of carbonyl (C=O) groups excluding carboxylic acids is 1. The number of carbonyl (C=O) groups is 1. The summed E-state index contributed by atoms with van der Waals surface area (Å²) in [5.41, 5.74) is 0.429. The van der Waals surface area contributed by atoms with Crippen molar-refractivity contribution in [3.8, 4) is 5.75 Å². The number of aromatic nitrogens is 2. The molecule has 0 saturated carbocycles. The van der Waals surface area contributed by atoms with E-state index < -0.39 is 5.60 Å². The van der Waals surface area contributed by atoms with Gasteiger partial charge in [-0.3, -0.25) is 9.58 Å². The first-order valence-electron chi connectivity index (χ1n) is 7.38. The van der Waals surface area contributed by atoms with E-state index in [9.17, 15) is 4.79 Å². The van der Waals surface area contributed by atoms with Crippen LogP contribution in [0.5, 0.6) is 5.75 Å². The van der Waals surface area contributed by atoms with E-state index in [2.05, 4.69) is 5.10 Å². The zero-order valence-corrected chi connectivity index (χ0v) is 13.7. The lowest BCUT2D eigenvalue weighted by Crippen LogP contribution is -2.47. The van der Waals surface area contributed by atoms with Gasteiger partial charge < -0.3 is 9.47 Å². The summed E-state index contributed by atoms with van der Waals surface area (Å²) in [6, 6.07) is 0.0409. The third-order valence-electron chi connectivity index (χ3n) is 3.19. The maximum atomic E-state index is 12.3. The molecule has 2 rings (SSSR count). The Balaban J connectivity index is 2.18. The Morgan fingerprint density at radius 1 is 1.43 bits per heavy atom. The molecule has 0 spiro atoms. The van der Waals surface area contributed by atoms with Crippen molar-refractivity contribution in [2.45, 2.75) is 72.4 Å². The van der Waals surface area contributed by atoms with Crippen LogP contribution in [0.25, 0.3) is 0 Å². The van der Waals surface area contributed by atoms with E-state index in [0.717, 1.165) is 11.4 Å². The first kappa shape index (κ1) is 15.7. The number of ether oxygens (including phenoxy) is 2. The van der Waals surface area contributed by atoms with Crippen molar-refractivity contribution >= 4 is 6.09 Å². The molecule has 6 heteroatoms.